The summed E-state index contributed by atoms with van der Waals surface area (Å²) in [5.41, 5.74) is -3.32. The monoisotopic (exact) mass is 480 g/mol. The fraction of sp³-hybridized carbons (Fsp3) is 0.529. The summed E-state index contributed by atoms with van der Waals surface area (Å²) >= 11 is 5.04. The lowest BCUT2D eigenvalue weighted by Crippen LogP contribution is -2.52. The molecule has 1 aliphatic heterocycles. The number of aryl methyl sites for hydroxylation is 1. The molecule has 0 saturated carbocycles. The van der Waals surface area contributed by atoms with Crippen LogP contribution in [-0.4, -0.2) is 62.7 Å². The van der Waals surface area contributed by atoms with Crippen LogP contribution in [0.3, 0.4) is 0 Å². The topological polar surface area (TPSA) is 61.6 Å². The Morgan fingerprint density at radius 3 is 2.46 bits per heavy atom. The first-order chi connectivity index (χ1) is 13.1. The molecule has 154 valence electrons. The number of amides is 1. The van der Waals surface area contributed by atoms with Crippen molar-refractivity contribution in [3.05, 3.63) is 39.0 Å². The molecule has 3 heterocycles. The number of aromatic nitrogens is 2. The van der Waals surface area contributed by atoms with Gasteiger partial charge in [0.2, 0.25) is 11.5 Å². The van der Waals surface area contributed by atoms with Crippen molar-refractivity contribution in [2.24, 2.45) is 7.05 Å². The van der Waals surface area contributed by atoms with Crippen LogP contribution in [0.2, 0.25) is 0 Å². The summed E-state index contributed by atoms with van der Waals surface area (Å²) in [5, 5.41) is 10.4. The second-order valence-corrected chi connectivity index (χ2v) is 9.31. The van der Waals surface area contributed by atoms with Crippen molar-refractivity contribution in [3.63, 3.8) is 0 Å². The van der Waals surface area contributed by atoms with E-state index in [0.29, 0.717) is 26.2 Å². The normalized spacial score (nSPS) is 18.3. The maximum Gasteiger partial charge on any atom is 0.425 e. The zero-order chi connectivity index (χ0) is 20.5. The number of carbonyl (C=O) groups is 1. The first-order valence-corrected chi connectivity index (χ1v) is 10.2. The van der Waals surface area contributed by atoms with Crippen LogP contribution in [0.1, 0.15) is 17.1 Å². The number of thiophene rings is 1. The van der Waals surface area contributed by atoms with E-state index in [9.17, 15) is 23.1 Å². The summed E-state index contributed by atoms with van der Waals surface area (Å²) in [5.74, 6) is -1.32. The molecule has 1 N–H and O–H groups in total. The minimum absolute atomic E-state index is 0.319. The van der Waals surface area contributed by atoms with E-state index in [-0.39, 0.29) is 0 Å². The molecule has 1 saturated heterocycles. The van der Waals surface area contributed by atoms with Gasteiger partial charge < -0.3 is 14.6 Å². The maximum atomic E-state index is 13.6. The molecular weight excluding hydrogens is 461 g/mol. The van der Waals surface area contributed by atoms with E-state index < -0.39 is 29.9 Å². The summed E-state index contributed by atoms with van der Waals surface area (Å²) in [4.78, 5) is 20.9. The maximum absolute atomic E-state index is 13.6. The number of carbonyl (C=O) groups excluding carboxylic acids is 1. The van der Waals surface area contributed by atoms with Gasteiger partial charge in [-0.05, 0) is 28.1 Å². The van der Waals surface area contributed by atoms with Crippen molar-refractivity contribution in [1.82, 2.24) is 19.4 Å². The summed E-state index contributed by atoms with van der Waals surface area (Å²) in [6.45, 7) is 2.50. The Kier molecular flexibility index (Phi) is 6.18. The second kappa shape index (κ2) is 8.13. The molecule has 2 aromatic heterocycles. The van der Waals surface area contributed by atoms with Gasteiger partial charge in [-0.1, -0.05) is 0 Å². The number of imidazole rings is 1. The van der Waals surface area contributed by atoms with Gasteiger partial charge in [0.15, 0.2) is 5.82 Å². The molecule has 2 aromatic rings. The van der Waals surface area contributed by atoms with Crippen LogP contribution in [0.4, 0.5) is 13.2 Å². The Hall–Kier alpha value is -1.43. The third-order valence-corrected chi connectivity index (χ3v) is 6.41. The van der Waals surface area contributed by atoms with Gasteiger partial charge in [-0.15, -0.1) is 11.3 Å². The lowest BCUT2D eigenvalue weighted by atomic mass is 9.96. The fourth-order valence-electron chi connectivity index (χ4n) is 3.21. The Morgan fingerprint density at radius 2 is 1.96 bits per heavy atom. The van der Waals surface area contributed by atoms with Gasteiger partial charge >= 0.3 is 6.18 Å². The van der Waals surface area contributed by atoms with Crippen molar-refractivity contribution < 1.29 is 23.1 Å². The first-order valence-electron chi connectivity index (χ1n) is 8.61. The average Bonchev–Trinajstić information content (AvgIpc) is 3.22. The van der Waals surface area contributed by atoms with Gasteiger partial charge in [0.25, 0.3) is 0 Å². The van der Waals surface area contributed by atoms with Crippen molar-refractivity contribution in [1.29, 1.82) is 0 Å². The molecule has 6 nitrogen and oxygen atoms in total. The van der Waals surface area contributed by atoms with Gasteiger partial charge in [-0.2, -0.15) is 13.2 Å². The first kappa shape index (κ1) is 21.3. The molecule has 0 aromatic carbocycles. The van der Waals surface area contributed by atoms with Crippen LogP contribution in [0, 0.1) is 0 Å². The zero-order valence-electron chi connectivity index (χ0n) is 15.1. The lowest BCUT2D eigenvalue weighted by molar-refractivity contribution is -0.272. The molecule has 0 spiro atoms. The summed E-state index contributed by atoms with van der Waals surface area (Å²) < 4.78 is 42.9. The summed E-state index contributed by atoms with van der Waals surface area (Å²) in [6, 6.07) is 3.98. The smallest absolute Gasteiger partial charge is 0.374 e. The largest absolute Gasteiger partial charge is 0.425 e. The molecule has 1 atom stereocenters. The number of halogens is 4. The Morgan fingerprint density at radius 1 is 1.29 bits per heavy atom. The Labute approximate surface area is 172 Å². The molecule has 1 aliphatic rings. The molecule has 1 unspecified atom stereocenters. The standard InChI is InChI=1S/C17H20BrF3N4O2S/c1-23-5-4-22-15(23)16(27,17(19,20)21)10-14(26)25-8-6-24(7-9-25)11-12-2-3-13(18)28-12/h2-5,27H,6-11H2,1H3. The van der Waals surface area contributed by atoms with Crippen molar-refractivity contribution in [2.75, 3.05) is 26.2 Å². The van der Waals surface area contributed by atoms with Crippen LogP contribution in [0.5, 0.6) is 0 Å². The Balaban J connectivity index is 1.63. The van der Waals surface area contributed by atoms with Gasteiger partial charge in [0.1, 0.15) is 0 Å². The highest BCUT2D eigenvalue weighted by Crippen LogP contribution is 2.41. The van der Waals surface area contributed by atoms with Crippen LogP contribution in [0.15, 0.2) is 28.3 Å². The minimum atomic E-state index is -5.02. The average molecular weight is 481 g/mol. The van der Waals surface area contributed by atoms with Gasteiger partial charge in [0, 0.05) is 57.0 Å². The highest BCUT2D eigenvalue weighted by atomic mass is 79.9. The molecule has 1 amide bonds. The van der Waals surface area contributed by atoms with Crippen molar-refractivity contribution >= 4 is 33.2 Å². The van der Waals surface area contributed by atoms with E-state index in [1.807, 2.05) is 12.1 Å². The number of hydrogen-bond acceptors (Lipinski definition) is 5. The van der Waals surface area contributed by atoms with Crippen molar-refractivity contribution in [3.8, 4) is 0 Å². The van der Waals surface area contributed by atoms with Crippen LogP contribution >= 0.6 is 27.3 Å². The van der Waals surface area contributed by atoms with Crippen molar-refractivity contribution in [2.45, 2.75) is 24.7 Å². The molecule has 3 rings (SSSR count). The SMILES string of the molecule is Cn1ccnc1C(O)(CC(=O)N1CCN(Cc2ccc(Br)s2)CC1)C(F)(F)F. The highest BCUT2D eigenvalue weighted by molar-refractivity contribution is 9.11. The van der Waals surface area contributed by atoms with Crippen LogP contribution < -0.4 is 0 Å². The molecule has 28 heavy (non-hydrogen) atoms. The number of aliphatic hydroxyl groups is 1. The molecule has 11 heteroatoms. The molecular formula is C17H20BrF3N4O2S. The highest BCUT2D eigenvalue weighted by Gasteiger charge is 2.59. The van der Waals surface area contributed by atoms with E-state index in [4.69, 9.17) is 0 Å². The molecule has 0 radical (unpaired) electrons. The quantitative estimate of drug-likeness (QED) is 0.714. The number of nitrogens with zero attached hydrogens (tertiary/aromatic N) is 4. The number of hydrogen-bond donors (Lipinski definition) is 1. The van der Waals surface area contributed by atoms with E-state index in [1.165, 1.54) is 23.0 Å². The van der Waals surface area contributed by atoms with Gasteiger partial charge in [0.05, 0.1) is 10.2 Å². The molecule has 0 aliphatic carbocycles. The second-order valence-electron chi connectivity index (χ2n) is 6.76. The van der Waals surface area contributed by atoms with Gasteiger partial charge in [-0.25, -0.2) is 4.98 Å². The Bertz CT molecular complexity index is 832. The number of piperazine rings is 1. The fourth-order valence-corrected chi connectivity index (χ4v) is 4.74. The summed E-state index contributed by atoms with van der Waals surface area (Å²) in [6.07, 6.45) is -3.63. The third kappa shape index (κ3) is 4.42. The third-order valence-electron chi connectivity index (χ3n) is 4.80. The number of rotatable bonds is 5. The van der Waals surface area contributed by atoms with E-state index in [0.717, 1.165) is 21.1 Å². The molecule has 1 fully saturated rings. The van der Waals surface area contributed by atoms with Crippen LogP contribution in [-0.2, 0) is 24.0 Å². The van der Waals surface area contributed by atoms with E-state index >= 15 is 0 Å². The summed E-state index contributed by atoms with van der Waals surface area (Å²) in [7, 11) is 1.35. The van der Waals surface area contributed by atoms with E-state index in [1.54, 1.807) is 11.3 Å². The van der Waals surface area contributed by atoms with Gasteiger partial charge in [-0.3, -0.25) is 9.69 Å². The van der Waals surface area contributed by atoms with Crippen LogP contribution in [0.25, 0.3) is 0 Å². The zero-order valence-corrected chi connectivity index (χ0v) is 17.5. The predicted octanol–water partition coefficient (Wildman–Crippen LogP) is 2.73. The number of alkyl halides is 3. The predicted molar refractivity (Wildman–Crippen MR) is 102 cm³/mol. The van der Waals surface area contributed by atoms with E-state index in [2.05, 4.69) is 25.8 Å². The lowest BCUT2D eigenvalue weighted by Gasteiger charge is -2.37. The molecule has 0 bridgehead atoms. The minimum Gasteiger partial charge on any atom is -0.374 e.